The van der Waals surface area contributed by atoms with Crippen molar-refractivity contribution in [3.63, 3.8) is 0 Å². The number of hydrogen-bond acceptors (Lipinski definition) is 2. The van der Waals surface area contributed by atoms with Gasteiger partial charge in [0, 0.05) is 0 Å². The molecule has 0 N–H and O–H groups in total. The van der Waals surface area contributed by atoms with Gasteiger partial charge in [-0.1, -0.05) is 0 Å². The van der Waals surface area contributed by atoms with Gasteiger partial charge in [0.25, 0.3) is 0 Å². The summed E-state index contributed by atoms with van der Waals surface area (Å²) in [4.78, 5) is 0. The fourth-order valence-corrected chi connectivity index (χ4v) is 0.576. The van der Waals surface area contributed by atoms with Crippen LogP contribution < -0.4 is 29.6 Å². The summed E-state index contributed by atoms with van der Waals surface area (Å²) in [6, 6.07) is 0. The Morgan fingerprint density at radius 2 is 1.90 bits per heavy atom. The van der Waals surface area contributed by atoms with E-state index in [1.807, 2.05) is 0 Å². The molecule has 0 saturated heterocycles. The van der Waals surface area contributed by atoms with Crippen LogP contribution in [0.25, 0.3) is 0 Å². The minimum atomic E-state index is -1.02. The van der Waals surface area contributed by atoms with E-state index in [1.54, 1.807) is 0 Å². The van der Waals surface area contributed by atoms with Crippen LogP contribution in [0.5, 0.6) is 0 Å². The van der Waals surface area contributed by atoms with Crippen LogP contribution in [0.1, 0.15) is 0 Å². The zero-order chi connectivity index (χ0) is 7.33. The van der Waals surface area contributed by atoms with Gasteiger partial charge in [0.1, 0.15) is 13.2 Å². The second kappa shape index (κ2) is 6.84. The number of nitrogens with zero attached hydrogens (tertiary/aromatic N) is 1. The van der Waals surface area contributed by atoms with Crippen molar-refractivity contribution in [3.8, 4) is 0 Å². The summed E-state index contributed by atoms with van der Waals surface area (Å²) in [5.41, 5.74) is 0. The molecule has 0 bridgehead atoms. The van der Waals surface area contributed by atoms with Gasteiger partial charge in [0.2, 0.25) is 0 Å². The average Bonchev–Trinajstić information content (AvgIpc) is 1.63. The monoisotopic (exact) mass is 175 g/mol. The molecule has 0 aromatic carbocycles. The first-order chi connectivity index (χ1) is 4.06. The van der Waals surface area contributed by atoms with E-state index in [4.69, 9.17) is 4.52 Å². The van der Waals surface area contributed by atoms with Gasteiger partial charge in [-0.25, -0.2) is 0 Å². The minimum absolute atomic E-state index is 0. The molecular formula is C5H15NNaO2P+2. The molecule has 1 unspecified atom stereocenters. The predicted molar refractivity (Wildman–Crippen MR) is 39.2 cm³/mol. The smallest absolute Gasteiger partial charge is 0.329 e. The summed E-state index contributed by atoms with van der Waals surface area (Å²) in [5, 5.41) is 0. The molecule has 0 aliphatic carbocycles. The summed E-state index contributed by atoms with van der Waals surface area (Å²) in [6.45, 7) is 1.51. The molecule has 0 fully saturated rings. The zero-order valence-corrected chi connectivity index (χ0v) is 10.4. The van der Waals surface area contributed by atoms with E-state index < -0.39 is 8.69 Å². The third-order valence-electron chi connectivity index (χ3n) is 0.948. The third-order valence-corrected chi connectivity index (χ3v) is 1.32. The molecule has 1 atom stereocenters. The summed E-state index contributed by atoms with van der Waals surface area (Å²) < 4.78 is 15.5. The minimum Gasteiger partial charge on any atom is -0.329 e. The molecule has 0 aliphatic rings. The normalized spacial score (nSPS) is 11.9. The number of quaternary nitrogens is 1. The van der Waals surface area contributed by atoms with Gasteiger partial charge in [-0.15, -0.1) is 0 Å². The molecule has 56 valence electrons. The molecular weight excluding hydrogens is 160 g/mol. The Morgan fingerprint density at radius 1 is 1.40 bits per heavy atom. The second-order valence-corrected chi connectivity index (χ2v) is 3.51. The first-order valence-electron chi connectivity index (χ1n) is 2.92. The Labute approximate surface area is 85.9 Å². The van der Waals surface area contributed by atoms with Crippen molar-refractivity contribution >= 4 is 8.69 Å². The fraction of sp³-hybridized carbons (Fsp3) is 1.00. The first kappa shape index (κ1) is 13.7. The van der Waals surface area contributed by atoms with E-state index in [2.05, 4.69) is 21.1 Å². The Bertz CT molecular complexity index is 94.1. The molecule has 0 spiro atoms. The average molecular weight is 175 g/mol. The topological polar surface area (TPSA) is 26.3 Å². The molecule has 0 radical (unpaired) electrons. The molecule has 0 amide bonds. The fourth-order valence-electron chi connectivity index (χ4n) is 0.375. The van der Waals surface area contributed by atoms with Crippen LogP contribution in [0, 0.1) is 0 Å². The maximum absolute atomic E-state index is 9.87. The standard InChI is InChI=1S/C5H15NO2P.Na/c1-6(2,3)4-5-8-9-7;/h4-5,9H2,1-3H3;/q2*+1. The van der Waals surface area contributed by atoms with E-state index in [0.717, 1.165) is 11.0 Å². The second-order valence-electron chi connectivity index (χ2n) is 2.98. The van der Waals surface area contributed by atoms with Gasteiger partial charge in [-0.2, -0.15) is 0 Å². The van der Waals surface area contributed by atoms with E-state index in [1.165, 1.54) is 0 Å². The van der Waals surface area contributed by atoms with Crippen LogP contribution in [0.4, 0.5) is 0 Å². The van der Waals surface area contributed by atoms with Crippen molar-refractivity contribution in [3.05, 3.63) is 0 Å². The van der Waals surface area contributed by atoms with Gasteiger partial charge >= 0.3 is 29.6 Å². The molecule has 0 aliphatic heterocycles. The van der Waals surface area contributed by atoms with Crippen LogP contribution >= 0.6 is 8.69 Å². The quantitative estimate of drug-likeness (QED) is 0.202. The zero-order valence-electron chi connectivity index (χ0n) is 7.26. The van der Waals surface area contributed by atoms with Crippen LogP contribution in [-0.2, 0) is 9.09 Å². The SMILES string of the molecule is C[N+](C)(C)CCO[PH2]=O.[Na+]. The van der Waals surface area contributed by atoms with Gasteiger partial charge in [0.15, 0.2) is 8.69 Å². The molecule has 0 aromatic heterocycles. The van der Waals surface area contributed by atoms with E-state index in [-0.39, 0.29) is 29.6 Å². The van der Waals surface area contributed by atoms with Crippen molar-refractivity contribution < 1.29 is 43.1 Å². The first-order valence-corrected chi connectivity index (χ1v) is 3.86. The molecule has 3 nitrogen and oxygen atoms in total. The summed E-state index contributed by atoms with van der Waals surface area (Å²) >= 11 is 0. The van der Waals surface area contributed by atoms with Crippen molar-refractivity contribution in [2.24, 2.45) is 0 Å². The van der Waals surface area contributed by atoms with Gasteiger partial charge < -0.3 is 9.01 Å². The Hall–Kier alpha value is 1.15. The van der Waals surface area contributed by atoms with Crippen molar-refractivity contribution in [1.82, 2.24) is 0 Å². The van der Waals surface area contributed by atoms with E-state index in [0.29, 0.717) is 6.61 Å². The van der Waals surface area contributed by atoms with E-state index >= 15 is 0 Å². The van der Waals surface area contributed by atoms with Gasteiger partial charge in [-0.05, 0) is 0 Å². The summed E-state index contributed by atoms with van der Waals surface area (Å²) in [5.74, 6) is 0. The largest absolute Gasteiger partial charge is 1.00 e. The maximum Gasteiger partial charge on any atom is 1.00 e. The maximum atomic E-state index is 9.87. The predicted octanol–water partition coefficient (Wildman–Crippen LogP) is -2.62. The molecule has 0 saturated carbocycles. The van der Waals surface area contributed by atoms with Crippen LogP contribution in [-0.4, -0.2) is 38.8 Å². The third kappa shape index (κ3) is 11.9. The number of hydrogen-bond donors (Lipinski definition) is 0. The number of likely N-dealkylation sites (N-methyl/N-ethyl adjacent to an activating group) is 1. The van der Waals surface area contributed by atoms with Crippen LogP contribution in [0.2, 0.25) is 0 Å². The molecule has 5 heteroatoms. The van der Waals surface area contributed by atoms with Crippen molar-refractivity contribution in [2.45, 2.75) is 0 Å². The molecule has 10 heavy (non-hydrogen) atoms. The van der Waals surface area contributed by atoms with Gasteiger partial charge in [0.05, 0.1) is 21.1 Å². The van der Waals surface area contributed by atoms with Crippen molar-refractivity contribution in [2.75, 3.05) is 34.3 Å². The van der Waals surface area contributed by atoms with Crippen molar-refractivity contribution in [1.29, 1.82) is 0 Å². The Kier molecular flexibility index (Phi) is 9.38. The molecule has 0 heterocycles. The van der Waals surface area contributed by atoms with Crippen LogP contribution in [0.3, 0.4) is 0 Å². The Morgan fingerprint density at radius 3 is 2.20 bits per heavy atom. The number of rotatable bonds is 4. The summed E-state index contributed by atoms with van der Waals surface area (Å²) in [7, 11) is 5.20. The Balaban J connectivity index is 0. The van der Waals surface area contributed by atoms with Gasteiger partial charge in [-0.3, -0.25) is 4.57 Å². The molecule has 0 rings (SSSR count). The molecule has 0 aromatic rings. The van der Waals surface area contributed by atoms with Crippen LogP contribution in [0.15, 0.2) is 0 Å². The summed E-state index contributed by atoms with van der Waals surface area (Å²) in [6.07, 6.45) is 0. The van der Waals surface area contributed by atoms with E-state index in [9.17, 15) is 4.57 Å².